The number of urea groups is 1. The molecule has 1 aliphatic heterocycles. The number of halogens is 1. The molecule has 1 aliphatic rings. The van der Waals surface area contributed by atoms with Crippen LogP contribution in [0, 0.1) is 5.92 Å². The summed E-state index contributed by atoms with van der Waals surface area (Å²) >= 11 is 0. The van der Waals surface area contributed by atoms with Gasteiger partial charge in [-0.25, -0.2) is 9.69 Å². The molecule has 1 unspecified atom stereocenters. The summed E-state index contributed by atoms with van der Waals surface area (Å²) in [6.07, 6.45) is 1.33. The summed E-state index contributed by atoms with van der Waals surface area (Å²) in [7, 11) is 0. The van der Waals surface area contributed by atoms with Crippen LogP contribution in [0.2, 0.25) is 0 Å². The number of imide groups is 2. The van der Waals surface area contributed by atoms with Crippen molar-refractivity contribution < 1.29 is 19.2 Å². The Labute approximate surface area is 141 Å². The van der Waals surface area contributed by atoms with Crippen molar-refractivity contribution >= 4 is 36.2 Å². The maximum Gasteiger partial charge on any atom is 0.335 e. The van der Waals surface area contributed by atoms with Gasteiger partial charge in [0.05, 0.1) is 5.54 Å². The molecule has 0 saturated carbocycles. The first-order valence-electron chi connectivity index (χ1n) is 6.97. The maximum atomic E-state index is 12.1. The predicted molar refractivity (Wildman–Crippen MR) is 86.7 cm³/mol. The number of hydrogen-bond donors (Lipinski definition) is 2. The van der Waals surface area contributed by atoms with E-state index in [0.29, 0.717) is 4.90 Å². The van der Waals surface area contributed by atoms with Gasteiger partial charge in [0, 0.05) is 13.1 Å². The van der Waals surface area contributed by atoms with Crippen molar-refractivity contribution in [2.45, 2.75) is 26.3 Å². The Bertz CT molecular complexity index is 523. The number of nitrogens with one attached hydrogen (secondary N) is 1. The summed E-state index contributed by atoms with van der Waals surface area (Å²) in [5.41, 5.74) is 5.01. The summed E-state index contributed by atoms with van der Waals surface area (Å²) in [5, 5.41) is 2.71. The van der Waals surface area contributed by atoms with E-state index in [0.717, 1.165) is 4.90 Å². The Morgan fingerprint density at radius 2 is 1.83 bits per heavy atom. The van der Waals surface area contributed by atoms with Crippen LogP contribution in [0.25, 0.3) is 0 Å². The van der Waals surface area contributed by atoms with Gasteiger partial charge < -0.3 is 11.1 Å². The zero-order valence-electron chi connectivity index (χ0n) is 13.5. The summed E-state index contributed by atoms with van der Waals surface area (Å²) in [5.74, 6) is -2.45. The van der Waals surface area contributed by atoms with Crippen molar-refractivity contribution in [3.63, 3.8) is 0 Å². The molecule has 8 nitrogen and oxygen atoms in total. The molecule has 23 heavy (non-hydrogen) atoms. The van der Waals surface area contributed by atoms with Crippen molar-refractivity contribution in [1.29, 1.82) is 0 Å². The van der Waals surface area contributed by atoms with Gasteiger partial charge in [-0.1, -0.05) is 19.9 Å². The first kappa shape index (κ1) is 21.1. The van der Waals surface area contributed by atoms with E-state index >= 15 is 0 Å². The Hall–Kier alpha value is -1.93. The van der Waals surface area contributed by atoms with Gasteiger partial charge >= 0.3 is 17.8 Å². The van der Waals surface area contributed by atoms with Crippen LogP contribution in [0.5, 0.6) is 0 Å². The van der Waals surface area contributed by atoms with Crippen molar-refractivity contribution in [3.8, 4) is 0 Å². The lowest BCUT2D eigenvalue weighted by Crippen LogP contribution is -2.57. The van der Waals surface area contributed by atoms with Crippen LogP contribution < -0.4 is 11.1 Å². The molecule has 0 bridgehead atoms. The monoisotopic (exact) mass is 346 g/mol. The van der Waals surface area contributed by atoms with E-state index in [1.165, 1.54) is 6.08 Å². The fourth-order valence-electron chi connectivity index (χ4n) is 1.91. The van der Waals surface area contributed by atoms with Crippen LogP contribution >= 0.6 is 12.4 Å². The Morgan fingerprint density at radius 1 is 1.30 bits per heavy atom. The molecule has 1 heterocycles. The van der Waals surface area contributed by atoms with Gasteiger partial charge in [-0.15, -0.1) is 19.0 Å². The van der Waals surface area contributed by atoms with Gasteiger partial charge in [0.2, 0.25) is 5.91 Å². The number of rotatable bonds is 7. The van der Waals surface area contributed by atoms with Crippen molar-refractivity contribution in [2.75, 3.05) is 19.6 Å². The van der Waals surface area contributed by atoms with E-state index in [1.54, 1.807) is 6.92 Å². The third kappa shape index (κ3) is 4.29. The van der Waals surface area contributed by atoms with E-state index < -0.39 is 35.8 Å². The smallest absolute Gasteiger partial charge is 0.335 e. The molecule has 0 spiro atoms. The van der Waals surface area contributed by atoms with Gasteiger partial charge in [0.15, 0.2) is 0 Å². The van der Waals surface area contributed by atoms with Gasteiger partial charge in [0.25, 0.3) is 0 Å². The minimum atomic E-state index is -1.01. The van der Waals surface area contributed by atoms with Gasteiger partial charge in [-0.2, -0.15) is 0 Å². The molecule has 1 atom stereocenters. The second-order valence-corrected chi connectivity index (χ2v) is 5.70. The Balaban J connectivity index is 0.00000484. The molecule has 5 amide bonds. The molecule has 9 heteroatoms. The number of carbonyl (C=O) groups excluding carboxylic acids is 4. The highest BCUT2D eigenvalue weighted by atomic mass is 35.5. The fourth-order valence-corrected chi connectivity index (χ4v) is 1.91. The maximum absolute atomic E-state index is 12.1. The molecular formula is C14H23ClN4O4. The molecule has 0 radical (unpaired) electrons. The summed E-state index contributed by atoms with van der Waals surface area (Å²) in [6.45, 7) is 8.60. The number of amides is 5. The molecule has 1 fully saturated rings. The quantitative estimate of drug-likeness (QED) is 0.379. The largest absolute Gasteiger partial charge is 0.348 e. The third-order valence-electron chi connectivity index (χ3n) is 3.87. The molecule has 1 saturated heterocycles. The third-order valence-corrected chi connectivity index (χ3v) is 3.87. The summed E-state index contributed by atoms with van der Waals surface area (Å²) in [6, 6.07) is -0.816. The summed E-state index contributed by atoms with van der Waals surface area (Å²) in [4.78, 5) is 48.9. The van der Waals surface area contributed by atoms with Crippen LogP contribution in [0.3, 0.4) is 0 Å². The van der Waals surface area contributed by atoms with Crippen molar-refractivity contribution in [3.05, 3.63) is 12.7 Å². The van der Waals surface area contributed by atoms with E-state index in [-0.39, 0.29) is 31.4 Å². The minimum Gasteiger partial charge on any atom is -0.348 e. The lowest BCUT2D eigenvalue weighted by molar-refractivity contribution is -0.144. The Morgan fingerprint density at radius 3 is 2.26 bits per heavy atom. The second-order valence-electron chi connectivity index (χ2n) is 5.70. The number of nitrogens with two attached hydrogens (primary N) is 1. The van der Waals surface area contributed by atoms with Crippen LogP contribution in [0.4, 0.5) is 4.79 Å². The summed E-state index contributed by atoms with van der Waals surface area (Å²) < 4.78 is 0. The highest BCUT2D eigenvalue weighted by Crippen LogP contribution is 2.16. The molecule has 3 N–H and O–H groups in total. The van der Waals surface area contributed by atoms with E-state index in [1.807, 2.05) is 13.8 Å². The van der Waals surface area contributed by atoms with Crippen molar-refractivity contribution in [1.82, 2.24) is 15.1 Å². The fraction of sp³-hybridized carbons (Fsp3) is 0.571. The normalized spacial score (nSPS) is 17.2. The number of nitrogens with zero attached hydrogens (tertiary/aromatic N) is 2. The lowest BCUT2D eigenvalue weighted by atomic mass is 9.88. The Kier molecular flexibility index (Phi) is 7.39. The van der Waals surface area contributed by atoms with Gasteiger partial charge in [-0.3, -0.25) is 19.3 Å². The average Bonchev–Trinajstić information content (AvgIpc) is 2.65. The second kappa shape index (κ2) is 8.07. The van der Waals surface area contributed by atoms with Gasteiger partial charge in [0.1, 0.15) is 6.54 Å². The first-order chi connectivity index (χ1) is 10.2. The average molecular weight is 347 g/mol. The lowest BCUT2D eigenvalue weighted by Gasteiger charge is -2.33. The zero-order valence-corrected chi connectivity index (χ0v) is 14.3. The molecule has 0 aromatic carbocycles. The van der Waals surface area contributed by atoms with Crippen LogP contribution in [0.1, 0.15) is 20.8 Å². The first-order valence-corrected chi connectivity index (χ1v) is 6.97. The molecule has 1 rings (SSSR count). The highest BCUT2D eigenvalue weighted by Gasteiger charge is 2.45. The number of carbonyl (C=O) groups is 4. The molecular weight excluding hydrogens is 324 g/mol. The van der Waals surface area contributed by atoms with E-state index in [9.17, 15) is 19.2 Å². The standard InChI is InChI=1S/C14H22N4O4.ClH/c1-5-6-17-11(20)12(21)18(13(17)22)7-10(19)16-14(4,8-15)9(2)3;/h5,9H,1,6-8,15H2,2-4H3,(H,16,19);1H. The van der Waals surface area contributed by atoms with Gasteiger partial charge in [-0.05, 0) is 12.8 Å². The molecule has 0 aromatic heterocycles. The molecule has 0 aromatic rings. The number of hydrogen-bond acceptors (Lipinski definition) is 5. The minimum absolute atomic E-state index is 0. The van der Waals surface area contributed by atoms with E-state index in [4.69, 9.17) is 5.73 Å². The zero-order chi connectivity index (χ0) is 17.1. The topological polar surface area (TPSA) is 113 Å². The van der Waals surface area contributed by atoms with Crippen LogP contribution in [-0.4, -0.2) is 58.7 Å². The SMILES string of the molecule is C=CCN1C(=O)C(=O)N(CC(=O)NC(C)(CN)C(C)C)C1=O.Cl. The molecule has 130 valence electrons. The van der Waals surface area contributed by atoms with Crippen LogP contribution in [0.15, 0.2) is 12.7 Å². The van der Waals surface area contributed by atoms with Crippen LogP contribution in [-0.2, 0) is 14.4 Å². The van der Waals surface area contributed by atoms with E-state index in [2.05, 4.69) is 11.9 Å². The predicted octanol–water partition coefficient (Wildman–Crippen LogP) is -0.125. The highest BCUT2D eigenvalue weighted by molar-refractivity contribution is 6.45. The molecule has 0 aliphatic carbocycles. The van der Waals surface area contributed by atoms with Crippen molar-refractivity contribution in [2.24, 2.45) is 11.7 Å².